The molecule has 1 aromatic heterocycles. The van der Waals surface area contributed by atoms with Crippen LogP contribution in [-0.4, -0.2) is 23.6 Å². The van der Waals surface area contributed by atoms with Crippen molar-refractivity contribution in [3.05, 3.63) is 17.6 Å². The highest BCUT2D eigenvalue weighted by Gasteiger charge is 2.14. The standard InChI is InChI=1S/C15H27N3O/c1-6-8-16-14-10-12(9-11(3)4)17-15(18-14)13(7-2)19-5/h10-11,13H,6-9H2,1-5H3,(H,16,17,18). The minimum Gasteiger partial charge on any atom is -0.373 e. The van der Waals surface area contributed by atoms with Crippen molar-refractivity contribution in [2.75, 3.05) is 19.0 Å². The van der Waals surface area contributed by atoms with Crippen molar-refractivity contribution >= 4 is 5.82 Å². The highest BCUT2D eigenvalue weighted by molar-refractivity contribution is 5.36. The van der Waals surface area contributed by atoms with Crippen LogP contribution in [-0.2, 0) is 11.2 Å². The Labute approximate surface area is 117 Å². The van der Waals surface area contributed by atoms with E-state index < -0.39 is 0 Å². The summed E-state index contributed by atoms with van der Waals surface area (Å²) in [5, 5.41) is 3.34. The third-order valence-corrected chi connectivity index (χ3v) is 2.91. The van der Waals surface area contributed by atoms with E-state index >= 15 is 0 Å². The first-order valence-corrected chi connectivity index (χ1v) is 7.25. The van der Waals surface area contributed by atoms with E-state index in [-0.39, 0.29) is 6.10 Å². The van der Waals surface area contributed by atoms with Crippen molar-refractivity contribution in [1.82, 2.24) is 9.97 Å². The van der Waals surface area contributed by atoms with Gasteiger partial charge >= 0.3 is 0 Å². The zero-order valence-corrected chi connectivity index (χ0v) is 12.9. The predicted octanol–water partition coefficient (Wildman–Crippen LogP) is 3.59. The Morgan fingerprint density at radius 1 is 1.26 bits per heavy atom. The molecule has 19 heavy (non-hydrogen) atoms. The minimum atomic E-state index is -0.0192. The smallest absolute Gasteiger partial charge is 0.159 e. The van der Waals surface area contributed by atoms with Crippen molar-refractivity contribution < 1.29 is 4.74 Å². The van der Waals surface area contributed by atoms with E-state index in [9.17, 15) is 0 Å². The molecule has 1 unspecified atom stereocenters. The maximum absolute atomic E-state index is 5.45. The first-order chi connectivity index (χ1) is 9.10. The largest absolute Gasteiger partial charge is 0.373 e. The summed E-state index contributed by atoms with van der Waals surface area (Å²) in [5.41, 5.74) is 1.09. The molecule has 0 saturated heterocycles. The van der Waals surface area contributed by atoms with Crippen LogP contribution in [0.2, 0.25) is 0 Å². The lowest BCUT2D eigenvalue weighted by Gasteiger charge is -2.15. The lowest BCUT2D eigenvalue weighted by atomic mass is 10.1. The van der Waals surface area contributed by atoms with Gasteiger partial charge in [-0.25, -0.2) is 9.97 Å². The molecule has 0 bridgehead atoms. The maximum Gasteiger partial charge on any atom is 0.159 e. The van der Waals surface area contributed by atoms with E-state index in [1.54, 1.807) is 7.11 Å². The topological polar surface area (TPSA) is 47.0 Å². The van der Waals surface area contributed by atoms with E-state index in [2.05, 4.69) is 49.0 Å². The van der Waals surface area contributed by atoms with Gasteiger partial charge in [0.25, 0.3) is 0 Å². The molecule has 1 heterocycles. The number of aromatic nitrogens is 2. The van der Waals surface area contributed by atoms with Gasteiger partial charge in [-0.15, -0.1) is 0 Å². The number of nitrogens with one attached hydrogen (secondary N) is 1. The van der Waals surface area contributed by atoms with Crippen LogP contribution in [0.3, 0.4) is 0 Å². The van der Waals surface area contributed by atoms with Gasteiger partial charge in [0, 0.05) is 25.4 Å². The summed E-state index contributed by atoms with van der Waals surface area (Å²) >= 11 is 0. The molecular weight excluding hydrogens is 238 g/mol. The average Bonchev–Trinajstić information content (AvgIpc) is 2.37. The second-order valence-corrected chi connectivity index (χ2v) is 5.26. The number of methoxy groups -OCH3 is 1. The zero-order valence-electron chi connectivity index (χ0n) is 12.9. The lowest BCUT2D eigenvalue weighted by molar-refractivity contribution is 0.0924. The summed E-state index contributed by atoms with van der Waals surface area (Å²) in [6.07, 6.45) is 2.92. The first-order valence-electron chi connectivity index (χ1n) is 7.25. The molecule has 4 nitrogen and oxygen atoms in total. The van der Waals surface area contributed by atoms with Gasteiger partial charge < -0.3 is 10.1 Å². The Balaban J connectivity index is 3.00. The molecule has 108 valence electrons. The summed E-state index contributed by atoms with van der Waals surface area (Å²) in [6.45, 7) is 9.57. The van der Waals surface area contributed by atoms with Gasteiger partial charge in [-0.1, -0.05) is 27.7 Å². The number of nitrogens with zero attached hydrogens (tertiary/aromatic N) is 2. The molecule has 1 atom stereocenters. The fourth-order valence-corrected chi connectivity index (χ4v) is 1.98. The molecule has 0 aliphatic rings. The molecule has 0 aromatic carbocycles. The van der Waals surface area contributed by atoms with Crippen molar-refractivity contribution in [1.29, 1.82) is 0 Å². The van der Waals surface area contributed by atoms with Crippen molar-refractivity contribution in [2.45, 2.75) is 53.1 Å². The molecule has 0 aliphatic carbocycles. The zero-order chi connectivity index (χ0) is 14.3. The summed E-state index contributed by atoms with van der Waals surface area (Å²) in [5.74, 6) is 2.30. The van der Waals surface area contributed by atoms with Crippen molar-refractivity contribution in [3.63, 3.8) is 0 Å². The summed E-state index contributed by atoms with van der Waals surface area (Å²) in [7, 11) is 1.71. The molecule has 0 spiro atoms. The van der Waals surface area contributed by atoms with E-state index in [1.807, 2.05) is 0 Å². The first kappa shape index (κ1) is 15.9. The van der Waals surface area contributed by atoms with Crippen LogP contribution in [0, 0.1) is 5.92 Å². The van der Waals surface area contributed by atoms with Crippen LogP contribution >= 0.6 is 0 Å². The SMILES string of the molecule is CCCNc1cc(CC(C)C)nc(C(CC)OC)n1. The van der Waals surface area contributed by atoms with Gasteiger partial charge in [0.15, 0.2) is 5.82 Å². The molecule has 0 amide bonds. The van der Waals surface area contributed by atoms with Crippen LogP contribution in [0.4, 0.5) is 5.82 Å². The van der Waals surface area contributed by atoms with Gasteiger partial charge in [0.1, 0.15) is 11.9 Å². The molecule has 1 N–H and O–H groups in total. The van der Waals surface area contributed by atoms with Crippen LogP contribution in [0.25, 0.3) is 0 Å². The Bertz CT molecular complexity index is 376. The van der Waals surface area contributed by atoms with Crippen molar-refractivity contribution in [3.8, 4) is 0 Å². The third kappa shape index (κ3) is 5.15. The van der Waals surface area contributed by atoms with Crippen LogP contribution in [0.15, 0.2) is 6.07 Å². The second kappa shape index (κ2) is 8.10. The molecule has 0 fully saturated rings. The molecule has 0 radical (unpaired) electrons. The number of ether oxygens (including phenoxy) is 1. The minimum absolute atomic E-state index is 0.0192. The molecule has 0 saturated carbocycles. The Morgan fingerprint density at radius 3 is 2.53 bits per heavy atom. The fourth-order valence-electron chi connectivity index (χ4n) is 1.98. The summed E-state index contributed by atoms with van der Waals surface area (Å²) < 4.78 is 5.45. The van der Waals surface area contributed by atoms with Gasteiger partial charge in [-0.3, -0.25) is 0 Å². The quantitative estimate of drug-likeness (QED) is 0.780. The second-order valence-electron chi connectivity index (χ2n) is 5.26. The molecule has 4 heteroatoms. The number of hydrogen-bond donors (Lipinski definition) is 1. The van der Waals surface area contributed by atoms with Crippen molar-refractivity contribution in [2.24, 2.45) is 5.92 Å². The van der Waals surface area contributed by atoms with Crippen LogP contribution in [0.1, 0.15) is 58.2 Å². The van der Waals surface area contributed by atoms with E-state index in [0.29, 0.717) is 5.92 Å². The number of hydrogen-bond acceptors (Lipinski definition) is 4. The Morgan fingerprint density at radius 2 is 2.00 bits per heavy atom. The predicted molar refractivity (Wildman–Crippen MR) is 79.4 cm³/mol. The molecular formula is C15H27N3O. The van der Waals surface area contributed by atoms with E-state index in [0.717, 1.165) is 43.1 Å². The van der Waals surface area contributed by atoms with Crippen LogP contribution < -0.4 is 5.32 Å². The summed E-state index contributed by atoms with van der Waals surface area (Å²) in [4.78, 5) is 9.22. The van der Waals surface area contributed by atoms with E-state index in [1.165, 1.54) is 0 Å². The van der Waals surface area contributed by atoms with Gasteiger partial charge in [-0.2, -0.15) is 0 Å². The summed E-state index contributed by atoms with van der Waals surface area (Å²) in [6, 6.07) is 2.06. The molecule has 1 rings (SSSR count). The average molecular weight is 265 g/mol. The fraction of sp³-hybridized carbons (Fsp3) is 0.733. The van der Waals surface area contributed by atoms with Gasteiger partial charge in [-0.05, 0) is 25.2 Å². The molecule has 1 aromatic rings. The van der Waals surface area contributed by atoms with Crippen LogP contribution in [0.5, 0.6) is 0 Å². The highest BCUT2D eigenvalue weighted by atomic mass is 16.5. The maximum atomic E-state index is 5.45. The highest BCUT2D eigenvalue weighted by Crippen LogP contribution is 2.20. The van der Waals surface area contributed by atoms with Gasteiger partial charge in [0.05, 0.1) is 0 Å². The third-order valence-electron chi connectivity index (χ3n) is 2.91. The molecule has 0 aliphatic heterocycles. The monoisotopic (exact) mass is 265 g/mol. The number of anilines is 1. The van der Waals surface area contributed by atoms with E-state index in [4.69, 9.17) is 4.74 Å². The lowest BCUT2D eigenvalue weighted by Crippen LogP contribution is -2.12. The Hall–Kier alpha value is -1.16. The normalized spacial score (nSPS) is 12.7. The van der Waals surface area contributed by atoms with Gasteiger partial charge in [0.2, 0.25) is 0 Å². The number of rotatable bonds is 8. The Kier molecular flexibility index (Phi) is 6.78.